The SMILES string of the molecule is C=CCn1c(SCc2ccccc2C(F)(F)F)nnc1C(C)C. The van der Waals surface area contributed by atoms with Gasteiger partial charge in [0.1, 0.15) is 5.82 Å². The second-order valence-electron chi connectivity index (χ2n) is 5.34. The van der Waals surface area contributed by atoms with E-state index in [1.54, 1.807) is 12.1 Å². The molecule has 0 radical (unpaired) electrons. The number of rotatable bonds is 6. The average Bonchev–Trinajstić information content (AvgIpc) is 2.88. The molecule has 0 spiro atoms. The minimum atomic E-state index is -4.35. The Labute approximate surface area is 137 Å². The van der Waals surface area contributed by atoms with Gasteiger partial charge in [0, 0.05) is 18.2 Å². The number of alkyl halides is 3. The number of hydrogen-bond acceptors (Lipinski definition) is 3. The summed E-state index contributed by atoms with van der Waals surface area (Å²) in [4.78, 5) is 0. The average molecular weight is 341 g/mol. The van der Waals surface area contributed by atoms with Crippen LogP contribution in [0, 0.1) is 0 Å². The van der Waals surface area contributed by atoms with Crippen LogP contribution in [-0.4, -0.2) is 14.8 Å². The predicted molar refractivity (Wildman–Crippen MR) is 85.3 cm³/mol. The van der Waals surface area contributed by atoms with Crippen LogP contribution in [0.2, 0.25) is 0 Å². The lowest BCUT2D eigenvalue weighted by Gasteiger charge is -2.13. The smallest absolute Gasteiger partial charge is 0.302 e. The molecule has 1 aromatic heterocycles. The molecule has 0 aliphatic rings. The molecular weight excluding hydrogens is 323 g/mol. The van der Waals surface area contributed by atoms with Crippen LogP contribution >= 0.6 is 11.8 Å². The van der Waals surface area contributed by atoms with Gasteiger partial charge in [-0.15, -0.1) is 16.8 Å². The first kappa shape index (κ1) is 17.6. The largest absolute Gasteiger partial charge is 0.416 e. The van der Waals surface area contributed by atoms with Crippen LogP contribution in [0.1, 0.15) is 36.7 Å². The van der Waals surface area contributed by atoms with Gasteiger partial charge in [-0.2, -0.15) is 13.2 Å². The molecule has 0 aliphatic heterocycles. The maximum Gasteiger partial charge on any atom is 0.416 e. The third-order valence-electron chi connectivity index (χ3n) is 3.25. The first-order valence-electron chi connectivity index (χ1n) is 7.16. The summed E-state index contributed by atoms with van der Waals surface area (Å²) in [6.45, 7) is 8.23. The number of nitrogens with zero attached hydrogens (tertiary/aromatic N) is 3. The summed E-state index contributed by atoms with van der Waals surface area (Å²) in [6.07, 6.45) is -2.63. The predicted octanol–water partition coefficient (Wildman–Crippen LogP) is 4.90. The van der Waals surface area contributed by atoms with E-state index in [9.17, 15) is 13.2 Å². The first-order valence-corrected chi connectivity index (χ1v) is 8.15. The van der Waals surface area contributed by atoms with Crippen LogP contribution in [-0.2, 0) is 18.5 Å². The monoisotopic (exact) mass is 341 g/mol. The minimum absolute atomic E-state index is 0.180. The fourth-order valence-corrected chi connectivity index (χ4v) is 3.16. The molecule has 2 rings (SSSR count). The molecule has 3 nitrogen and oxygen atoms in total. The lowest BCUT2D eigenvalue weighted by molar-refractivity contribution is -0.138. The Balaban J connectivity index is 2.24. The topological polar surface area (TPSA) is 30.7 Å². The molecule has 124 valence electrons. The van der Waals surface area contributed by atoms with Gasteiger partial charge in [0.25, 0.3) is 0 Å². The number of allylic oxidation sites excluding steroid dienone is 1. The third kappa shape index (κ3) is 4.16. The maximum atomic E-state index is 13.0. The van der Waals surface area contributed by atoms with Gasteiger partial charge in [-0.25, -0.2) is 0 Å². The Kier molecular flexibility index (Phi) is 5.51. The van der Waals surface area contributed by atoms with Crippen molar-refractivity contribution in [1.82, 2.24) is 14.8 Å². The number of halogens is 3. The van der Waals surface area contributed by atoms with Crippen LogP contribution in [0.3, 0.4) is 0 Å². The molecule has 1 aromatic carbocycles. The van der Waals surface area contributed by atoms with E-state index in [1.165, 1.54) is 23.9 Å². The molecule has 0 fully saturated rings. The zero-order chi connectivity index (χ0) is 17.0. The molecule has 0 unspecified atom stereocenters. The zero-order valence-corrected chi connectivity index (χ0v) is 13.8. The van der Waals surface area contributed by atoms with Crippen molar-refractivity contribution in [3.63, 3.8) is 0 Å². The molecule has 1 heterocycles. The van der Waals surface area contributed by atoms with Crippen molar-refractivity contribution >= 4 is 11.8 Å². The Bertz CT molecular complexity index is 677. The Morgan fingerprint density at radius 3 is 2.57 bits per heavy atom. The highest BCUT2D eigenvalue weighted by Crippen LogP contribution is 2.34. The van der Waals surface area contributed by atoms with Gasteiger partial charge < -0.3 is 4.57 Å². The van der Waals surface area contributed by atoms with Crippen LogP contribution in [0.4, 0.5) is 13.2 Å². The summed E-state index contributed by atoms with van der Waals surface area (Å²) < 4.78 is 41.0. The van der Waals surface area contributed by atoms with Crippen molar-refractivity contribution in [3.05, 3.63) is 53.9 Å². The van der Waals surface area contributed by atoms with Crippen molar-refractivity contribution in [2.45, 2.75) is 43.4 Å². The summed E-state index contributed by atoms with van der Waals surface area (Å²) in [5.74, 6) is 1.17. The van der Waals surface area contributed by atoms with E-state index in [2.05, 4.69) is 16.8 Å². The van der Waals surface area contributed by atoms with E-state index < -0.39 is 11.7 Å². The molecule has 0 aliphatic carbocycles. The second-order valence-corrected chi connectivity index (χ2v) is 6.28. The maximum absolute atomic E-state index is 13.0. The van der Waals surface area contributed by atoms with Crippen LogP contribution in [0.25, 0.3) is 0 Å². The van der Waals surface area contributed by atoms with Crippen molar-refractivity contribution in [1.29, 1.82) is 0 Å². The summed E-state index contributed by atoms with van der Waals surface area (Å²) in [6, 6.07) is 5.60. The highest BCUT2D eigenvalue weighted by molar-refractivity contribution is 7.98. The van der Waals surface area contributed by atoms with Crippen LogP contribution in [0.5, 0.6) is 0 Å². The molecule has 0 saturated heterocycles. The van der Waals surface area contributed by atoms with E-state index in [-0.39, 0.29) is 17.2 Å². The zero-order valence-electron chi connectivity index (χ0n) is 13.0. The fourth-order valence-electron chi connectivity index (χ4n) is 2.20. The van der Waals surface area contributed by atoms with Crippen molar-refractivity contribution < 1.29 is 13.2 Å². The highest BCUT2D eigenvalue weighted by Gasteiger charge is 2.32. The van der Waals surface area contributed by atoms with Gasteiger partial charge in [-0.05, 0) is 11.6 Å². The van der Waals surface area contributed by atoms with Crippen molar-refractivity contribution in [2.75, 3.05) is 0 Å². The Morgan fingerprint density at radius 1 is 1.26 bits per heavy atom. The minimum Gasteiger partial charge on any atom is -0.302 e. The van der Waals surface area contributed by atoms with E-state index in [4.69, 9.17) is 0 Å². The van der Waals surface area contributed by atoms with Crippen LogP contribution in [0.15, 0.2) is 42.1 Å². The number of benzene rings is 1. The van der Waals surface area contributed by atoms with E-state index in [0.29, 0.717) is 11.7 Å². The molecule has 7 heteroatoms. The summed E-state index contributed by atoms with van der Waals surface area (Å²) in [7, 11) is 0. The molecular formula is C16H18F3N3S. The van der Waals surface area contributed by atoms with E-state index in [0.717, 1.165) is 11.9 Å². The van der Waals surface area contributed by atoms with Crippen LogP contribution < -0.4 is 0 Å². The van der Waals surface area contributed by atoms with Gasteiger partial charge >= 0.3 is 6.18 Å². The number of aromatic nitrogens is 3. The van der Waals surface area contributed by atoms with Gasteiger partial charge in [-0.3, -0.25) is 0 Å². The Morgan fingerprint density at radius 2 is 1.96 bits per heavy atom. The normalized spacial score (nSPS) is 11.9. The van der Waals surface area contributed by atoms with Gasteiger partial charge in [0.05, 0.1) is 5.56 Å². The molecule has 0 bridgehead atoms. The van der Waals surface area contributed by atoms with E-state index in [1.807, 2.05) is 18.4 Å². The molecule has 0 atom stereocenters. The lowest BCUT2D eigenvalue weighted by atomic mass is 10.1. The molecule has 2 aromatic rings. The van der Waals surface area contributed by atoms with Gasteiger partial charge in [-0.1, -0.05) is 49.9 Å². The highest BCUT2D eigenvalue weighted by atomic mass is 32.2. The summed E-state index contributed by atoms with van der Waals surface area (Å²) in [5, 5.41) is 8.85. The lowest BCUT2D eigenvalue weighted by Crippen LogP contribution is -2.09. The third-order valence-corrected chi connectivity index (χ3v) is 4.27. The molecule has 0 N–H and O–H groups in total. The van der Waals surface area contributed by atoms with Crippen molar-refractivity contribution in [3.8, 4) is 0 Å². The van der Waals surface area contributed by atoms with Gasteiger partial charge in [0.15, 0.2) is 5.16 Å². The van der Waals surface area contributed by atoms with Crippen molar-refractivity contribution in [2.24, 2.45) is 0 Å². The number of thioether (sulfide) groups is 1. The number of hydrogen-bond donors (Lipinski definition) is 0. The summed E-state index contributed by atoms with van der Waals surface area (Å²) in [5.41, 5.74) is -0.365. The second kappa shape index (κ2) is 7.21. The first-order chi connectivity index (χ1) is 10.8. The quantitative estimate of drug-likeness (QED) is 0.553. The Hall–Kier alpha value is -1.76. The van der Waals surface area contributed by atoms with E-state index >= 15 is 0 Å². The summed E-state index contributed by atoms with van der Waals surface area (Å²) >= 11 is 1.25. The molecule has 0 amide bonds. The fraction of sp³-hybridized carbons (Fsp3) is 0.375. The molecule has 0 saturated carbocycles. The van der Waals surface area contributed by atoms with Gasteiger partial charge in [0.2, 0.25) is 0 Å². The standard InChI is InChI=1S/C16H18F3N3S/c1-4-9-22-14(11(2)3)20-21-15(22)23-10-12-7-5-6-8-13(12)16(17,18)19/h4-8,11H,1,9-10H2,2-3H3. The molecule has 23 heavy (non-hydrogen) atoms.